The molecule has 0 aliphatic carbocycles. The van der Waals surface area contributed by atoms with Crippen molar-refractivity contribution < 1.29 is 31.1 Å². The summed E-state index contributed by atoms with van der Waals surface area (Å²) in [4.78, 5) is 16.9. The summed E-state index contributed by atoms with van der Waals surface area (Å²) >= 11 is 0. The third-order valence-electron chi connectivity index (χ3n) is 5.69. The Balaban J connectivity index is 2.05. The summed E-state index contributed by atoms with van der Waals surface area (Å²) in [7, 11) is 0. The van der Waals surface area contributed by atoms with Crippen LogP contribution < -0.4 is 10.6 Å². The number of alkyl halides is 6. The largest absolute Gasteiger partial charge is 0.418 e. The van der Waals surface area contributed by atoms with Crippen molar-refractivity contribution in [1.29, 1.82) is 0 Å². The molecule has 3 rings (SSSR count). The second-order valence-electron chi connectivity index (χ2n) is 8.47. The number of pyridine rings is 1. The fraction of sp³-hybridized carbons (Fsp3) is 0.308. The highest BCUT2D eigenvalue weighted by molar-refractivity contribution is 5.91. The van der Waals surface area contributed by atoms with Gasteiger partial charge in [-0.3, -0.25) is 4.98 Å². The van der Waals surface area contributed by atoms with Crippen molar-refractivity contribution in [3.05, 3.63) is 94.3 Å². The number of amides is 2. The third-order valence-corrected chi connectivity index (χ3v) is 5.69. The van der Waals surface area contributed by atoms with Crippen LogP contribution in [0.15, 0.2) is 60.8 Å². The van der Waals surface area contributed by atoms with E-state index in [2.05, 4.69) is 15.6 Å². The summed E-state index contributed by atoms with van der Waals surface area (Å²) in [5, 5.41) is 5.23. The number of anilines is 1. The normalized spacial score (nSPS) is 12.9. The molecule has 4 nitrogen and oxygen atoms in total. The number of hydrogen-bond donors (Lipinski definition) is 2. The fourth-order valence-corrected chi connectivity index (χ4v) is 3.89. The van der Waals surface area contributed by atoms with Crippen molar-refractivity contribution in [2.24, 2.45) is 0 Å². The molecule has 3 aromatic rings. The number of benzene rings is 2. The number of halogens is 6. The molecule has 192 valence electrons. The van der Waals surface area contributed by atoms with Gasteiger partial charge in [0.15, 0.2) is 0 Å². The number of carbonyl (C=O) groups excluding carboxylic acids is 1. The van der Waals surface area contributed by atoms with Crippen molar-refractivity contribution in [3.63, 3.8) is 0 Å². The minimum Gasteiger partial charge on any atom is -0.325 e. The van der Waals surface area contributed by atoms with E-state index in [1.807, 2.05) is 39.0 Å². The smallest absolute Gasteiger partial charge is 0.325 e. The van der Waals surface area contributed by atoms with Gasteiger partial charge in [0.2, 0.25) is 0 Å². The molecule has 0 spiro atoms. The number of urea groups is 1. The molecule has 2 amide bonds. The summed E-state index contributed by atoms with van der Waals surface area (Å²) in [6, 6.07) is 8.70. The van der Waals surface area contributed by atoms with Crippen LogP contribution >= 0.6 is 0 Å². The summed E-state index contributed by atoms with van der Waals surface area (Å²) < 4.78 is 80.4. The quantitative estimate of drug-likeness (QED) is 0.334. The zero-order valence-electron chi connectivity index (χ0n) is 19.8. The Morgan fingerprint density at radius 1 is 0.917 bits per heavy atom. The van der Waals surface area contributed by atoms with E-state index in [9.17, 15) is 31.1 Å². The Kier molecular flexibility index (Phi) is 7.96. The number of nitrogens with zero attached hydrogens (tertiary/aromatic N) is 1. The first-order valence-electron chi connectivity index (χ1n) is 11.2. The zero-order chi connectivity index (χ0) is 26.7. The van der Waals surface area contributed by atoms with Crippen LogP contribution in [-0.2, 0) is 18.8 Å². The van der Waals surface area contributed by atoms with Crippen LogP contribution in [0.2, 0.25) is 0 Å². The highest BCUT2D eigenvalue weighted by Gasteiger charge is 2.37. The molecular weight excluding hydrogens is 484 g/mol. The lowest BCUT2D eigenvalue weighted by Gasteiger charge is -2.24. The second-order valence-corrected chi connectivity index (χ2v) is 8.47. The molecule has 2 N–H and O–H groups in total. The number of aryl methyl sites for hydroxylation is 1. The molecule has 0 fully saturated rings. The first-order valence-corrected chi connectivity index (χ1v) is 11.2. The van der Waals surface area contributed by atoms with E-state index in [0.717, 1.165) is 53.7 Å². The third kappa shape index (κ3) is 6.16. The Hall–Kier alpha value is -3.56. The summed E-state index contributed by atoms with van der Waals surface area (Å²) in [6.07, 6.45) is -7.70. The monoisotopic (exact) mass is 509 g/mol. The van der Waals surface area contributed by atoms with Gasteiger partial charge in [0.05, 0.1) is 22.9 Å². The highest BCUT2D eigenvalue weighted by Crippen LogP contribution is 2.37. The maximum Gasteiger partial charge on any atom is 0.418 e. The molecule has 36 heavy (non-hydrogen) atoms. The van der Waals surface area contributed by atoms with E-state index < -0.39 is 41.2 Å². The van der Waals surface area contributed by atoms with Crippen LogP contribution in [0.1, 0.15) is 66.2 Å². The van der Waals surface area contributed by atoms with Gasteiger partial charge >= 0.3 is 18.4 Å². The minimum absolute atomic E-state index is 0.00945. The van der Waals surface area contributed by atoms with Crippen LogP contribution in [0.4, 0.5) is 36.8 Å². The van der Waals surface area contributed by atoms with Crippen molar-refractivity contribution in [2.75, 3.05) is 5.32 Å². The number of aromatic nitrogens is 1. The van der Waals surface area contributed by atoms with Gasteiger partial charge in [-0.2, -0.15) is 26.3 Å². The Bertz CT molecular complexity index is 1200. The zero-order valence-corrected chi connectivity index (χ0v) is 19.8. The molecule has 1 heterocycles. The molecule has 0 saturated heterocycles. The lowest BCUT2D eigenvalue weighted by atomic mass is 9.96. The van der Waals surface area contributed by atoms with Gasteiger partial charge in [-0.15, -0.1) is 0 Å². The number of para-hydroxylation sites is 1. The minimum atomic E-state index is -4.80. The topological polar surface area (TPSA) is 54.0 Å². The van der Waals surface area contributed by atoms with Crippen LogP contribution in [0.3, 0.4) is 0 Å². The predicted octanol–water partition coefficient (Wildman–Crippen LogP) is 7.72. The maximum absolute atomic E-state index is 13.8. The van der Waals surface area contributed by atoms with Gasteiger partial charge in [0.1, 0.15) is 0 Å². The average molecular weight is 509 g/mol. The lowest BCUT2D eigenvalue weighted by Crippen LogP contribution is -2.35. The van der Waals surface area contributed by atoms with Crippen molar-refractivity contribution >= 4 is 11.7 Å². The molecule has 0 radical (unpaired) electrons. The van der Waals surface area contributed by atoms with E-state index in [-0.39, 0.29) is 11.5 Å². The molecule has 0 aliphatic rings. The van der Waals surface area contributed by atoms with E-state index in [4.69, 9.17) is 0 Å². The van der Waals surface area contributed by atoms with Gasteiger partial charge in [-0.1, -0.05) is 51.1 Å². The second kappa shape index (κ2) is 10.6. The first-order chi connectivity index (χ1) is 16.8. The maximum atomic E-state index is 13.8. The van der Waals surface area contributed by atoms with Gasteiger partial charge < -0.3 is 10.6 Å². The predicted molar refractivity (Wildman–Crippen MR) is 125 cm³/mol. The molecular formula is C26H25F6N3O. The van der Waals surface area contributed by atoms with Crippen molar-refractivity contribution in [3.8, 4) is 0 Å². The standard InChI is InChI=1S/C26H25F6N3O/c1-4-16-7-5-8-19(15(2)3)21(16)34-24(36)35-22(17-10-12-18(13-11-17)25(27,28)29)23-20(26(30,31)32)9-6-14-33-23/h5-15,22H,4H2,1-3H3,(H2,34,35,36). The van der Waals surface area contributed by atoms with Gasteiger partial charge in [-0.25, -0.2) is 4.79 Å². The Morgan fingerprint density at radius 2 is 1.58 bits per heavy atom. The summed E-state index contributed by atoms with van der Waals surface area (Å²) in [5.41, 5.74) is -0.392. The summed E-state index contributed by atoms with van der Waals surface area (Å²) in [5.74, 6) is 0.0464. The van der Waals surface area contributed by atoms with Crippen LogP contribution in [0, 0.1) is 0 Å². The SMILES string of the molecule is CCc1cccc(C(C)C)c1NC(=O)NC(c1ccc(C(F)(F)F)cc1)c1ncccc1C(F)(F)F. The van der Waals surface area contributed by atoms with Crippen LogP contribution in [0.5, 0.6) is 0 Å². The molecule has 1 aromatic heterocycles. The molecule has 0 saturated carbocycles. The Morgan fingerprint density at radius 3 is 2.14 bits per heavy atom. The first kappa shape index (κ1) is 27.0. The number of carbonyl (C=O) groups is 1. The number of rotatable bonds is 6. The van der Waals surface area contributed by atoms with Crippen LogP contribution in [0.25, 0.3) is 0 Å². The molecule has 0 aliphatic heterocycles. The molecule has 10 heteroatoms. The Labute approximate surface area is 204 Å². The van der Waals surface area contributed by atoms with Crippen molar-refractivity contribution in [2.45, 2.75) is 51.5 Å². The number of nitrogens with one attached hydrogen (secondary N) is 2. The fourth-order valence-electron chi connectivity index (χ4n) is 3.89. The van der Waals surface area contributed by atoms with E-state index in [1.165, 1.54) is 0 Å². The van der Waals surface area contributed by atoms with Gasteiger partial charge in [-0.05, 0) is 53.3 Å². The molecule has 2 aromatic carbocycles. The molecule has 1 unspecified atom stereocenters. The van der Waals surface area contributed by atoms with E-state index in [0.29, 0.717) is 12.1 Å². The summed E-state index contributed by atoms with van der Waals surface area (Å²) in [6.45, 7) is 5.77. The average Bonchev–Trinajstić information content (AvgIpc) is 2.81. The van der Waals surface area contributed by atoms with Gasteiger partial charge in [0, 0.05) is 11.9 Å². The van der Waals surface area contributed by atoms with Crippen molar-refractivity contribution in [1.82, 2.24) is 10.3 Å². The molecule has 1 atom stereocenters. The highest BCUT2D eigenvalue weighted by atomic mass is 19.4. The van der Waals surface area contributed by atoms with E-state index in [1.54, 1.807) is 0 Å². The molecule has 0 bridgehead atoms. The van der Waals surface area contributed by atoms with Crippen LogP contribution in [-0.4, -0.2) is 11.0 Å². The number of hydrogen-bond acceptors (Lipinski definition) is 2. The van der Waals surface area contributed by atoms with E-state index >= 15 is 0 Å². The van der Waals surface area contributed by atoms with Gasteiger partial charge in [0.25, 0.3) is 0 Å². The lowest BCUT2D eigenvalue weighted by molar-refractivity contribution is -0.139.